The third-order valence-electron chi connectivity index (χ3n) is 5.97. The van der Waals surface area contributed by atoms with Gasteiger partial charge in [0.1, 0.15) is 11.4 Å². The zero-order valence-electron chi connectivity index (χ0n) is 18.1. The number of amides is 1. The Hall–Kier alpha value is -2.86. The van der Waals surface area contributed by atoms with Gasteiger partial charge in [0, 0.05) is 45.3 Å². The number of methoxy groups -OCH3 is 1. The summed E-state index contributed by atoms with van der Waals surface area (Å²) in [4.78, 5) is 21.8. The van der Waals surface area contributed by atoms with Crippen LogP contribution in [0.25, 0.3) is 5.65 Å². The number of nitrogens with zero attached hydrogens (tertiary/aromatic N) is 4. The van der Waals surface area contributed by atoms with Gasteiger partial charge in [-0.3, -0.25) is 9.69 Å². The van der Waals surface area contributed by atoms with Gasteiger partial charge in [0.2, 0.25) is 5.91 Å². The fourth-order valence-electron chi connectivity index (χ4n) is 4.07. The monoisotopic (exact) mass is 406 g/mol. The van der Waals surface area contributed by atoms with Gasteiger partial charge < -0.3 is 14.0 Å². The second-order valence-electron chi connectivity index (χ2n) is 8.08. The zero-order valence-corrected chi connectivity index (χ0v) is 18.1. The highest BCUT2D eigenvalue weighted by Gasteiger charge is 2.22. The third kappa shape index (κ3) is 4.49. The molecule has 3 aromatic rings. The van der Waals surface area contributed by atoms with Crippen LogP contribution in [0.15, 0.2) is 42.6 Å². The Morgan fingerprint density at radius 3 is 2.50 bits per heavy atom. The zero-order chi connectivity index (χ0) is 21.1. The van der Waals surface area contributed by atoms with Crippen LogP contribution in [0.1, 0.15) is 28.9 Å². The Balaban J connectivity index is 1.29. The van der Waals surface area contributed by atoms with Gasteiger partial charge in [0.05, 0.1) is 18.5 Å². The van der Waals surface area contributed by atoms with E-state index < -0.39 is 0 Å². The second-order valence-corrected chi connectivity index (χ2v) is 8.08. The van der Waals surface area contributed by atoms with Crippen molar-refractivity contribution in [3.63, 3.8) is 0 Å². The first-order valence-corrected chi connectivity index (χ1v) is 10.6. The van der Waals surface area contributed by atoms with Crippen LogP contribution < -0.4 is 4.74 Å². The lowest BCUT2D eigenvalue weighted by Crippen LogP contribution is -2.48. The van der Waals surface area contributed by atoms with Crippen LogP contribution in [-0.4, -0.2) is 58.4 Å². The molecule has 1 aliphatic heterocycles. The van der Waals surface area contributed by atoms with Crippen molar-refractivity contribution in [1.82, 2.24) is 19.2 Å². The number of fused-ring (bicyclic) bond motifs is 1. The molecule has 0 atom stereocenters. The Morgan fingerprint density at radius 2 is 1.80 bits per heavy atom. The average molecular weight is 407 g/mol. The molecule has 0 bridgehead atoms. The number of hydrogen-bond acceptors (Lipinski definition) is 4. The summed E-state index contributed by atoms with van der Waals surface area (Å²) in [5.41, 5.74) is 5.72. The number of rotatable bonds is 6. The molecule has 1 fully saturated rings. The molecule has 6 heteroatoms. The molecular formula is C24H30N4O2. The molecule has 0 aliphatic carbocycles. The molecule has 3 heterocycles. The molecule has 0 saturated carbocycles. The number of hydrogen-bond donors (Lipinski definition) is 0. The number of aryl methyl sites for hydroxylation is 3. The summed E-state index contributed by atoms with van der Waals surface area (Å²) in [5, 5.41) is 0. The molecule has 6 nitrogen and oxygen atoms in total. The molecule has 0 radical (unpaired) electrons. The first kappa shape index (κ1) is 20.4. The van der Waals surface area contributed by atoms with Crippen molar-refractivity contribution in [2.45, 2.75) is 33.2 Å². The fourth-order valence-corrected chi connectivity index (χ4v) is 4.07. The van der Waals surface area contributed by atoms with Gasteiger partial charge in [0.25, 0.3) is 0 Å². The van der Waals surface area contributed by atoms with E-state index in [0.29, 0.717) is 6.42 Å². The van der Waals surface area contributed by atoms with E-state index in [1.54, 1.807) is 7.11 Å². The molecule has 0 spiro atoms. The van der Waals surface area contributed by atoms with E-state index in [4.69, 9.17) is 9.72 Å². The molecule has 1 aliphatic rings. The Bertz CT molecular complexity index is 1020. The molecule has 4 rings (SSSR count). The summed E-state index contributed by atoms with van der Waals surface area (Å²) < 4.78 is 7.38. The van der Waals surface area contributed by atoms with Crippen LogP contribution in [0.2, 0.25) is 0 Å². The standard InChI is InChI=1S/C24H30N4O2/c1-18-10-11-28-22(19(2)25-23(28)16-18)17-26-12-14-27(15-13-26)24(29)9-6-20-4-7-21(30-3)8-5-20/h4-5,7-8,10-11,16H,6,9,12-15,17H2,1-3H3. The molecule has 30 heavy (non-hydrogen) atoms. The number of ether oxygens (including phenoxy) is 1. The highest BCUT2D eigenvalue weighted by Crippen LogP contribution is 2.17. The van der Waals surface area contributed by atoms with E-state index in [1.165, 1.54) is 16.8 Å². The molecule has 1 saturated heterocycles. The van der Waals surface area contributed by atoms with Crippen LogP contribution in [0.3, 0.4) is 0 Å². The third-order valence-corrected chi connectivity index (χ3v) is 5.97. The van der Waals surface area contributed by atoms with Gasteiger partial charge in [-0.2, -0.15) is 0 Å². The minimum Gasteiger partial charge on any atom is -0.497 e. The molecule has 0 unspecified atom stereocenters. The van der Waals surface area contributed by atoms with Gasteiger partial charge >= 0.3 is 0 Å². The van der Waals surface area contributed by atoms with Gasteiger partial charge in [0.15, 0.2) is 0 Å². The van der Waals surface area contributed by atoms with E-state index >= 15 is 0 Å². The maximum absolute atomic E-state index is 12.6. The maximum atomic E-state index is 12.6. The largest absolute Gasteiger partial charge is 0.497 e. The normalized spacial score (nSPS) is 15.0. The average Bonchev–Trinajstić information content (AvgIpc) is 3.07. The first-order chi connectivity index (χ1) is 14.5. The van der Waals surface area contributed by atoms with E-state index in [0.717, 1.165) is 56.2 Å². The Kier molecular flexibility index (Phi) is 6.04. The van der Waals surface area contributed by atoms with Crippen LogP contribution in [0.4, 0.5) is 0 Å². The number of aromatic nitrogens is 2. The fraction of sp³-hybridized carbons (Fsp3) is 0.417. The molecule has 2 aromatic heterocycles. The molecule has 1 amide bonds. The lowest BCUT2D eigenvalue weighted by molar-refractivity contribution is -0.133. The number of carbonyl (C=O) groups is 1. The van der Waals surface area contributed by atoms with Crippen LogP contribution >= 0.6 is 0 Å². The summed E-state index contributed by atoms with van der Waals surface area (Å²) >= 11 is 0. The van der Waals surface area contributed by atoms with Crippen molar-refractivity contribution >= 4 is 11.6 Å². The number of benzene rings is 1. The smallest absolute Gasteiger partial charge is 0.222 e. The number of pyridine rings is 1. The minimum atomic E-state index is 0.243. The Morgan fingerprint density at radius 1 is 1.07 bits per heavy atom. The molecule has 158 valence electrons. The predicted molar refractivity (Wildman–Crippen MR) is 118 cm³/mol. The van der Waals surface area contributed by atoms with Crippen molar-refractivity contribution in [2.24, 2.45) is 0 Å². The minimum absolute atomic E-state index is 0.243. The van der Waals surface area contributed by atoms with Gasteiger partial charge in [-0.15, -0.1) is 0 Å². The quantitative estimate of drug-likeness (QED) is 0.631. The van der Waals surface area contributed by atoms with Gasteiger partial charge in [-0.1, -0.05) is 12.1 Å². The van der Waals surface area contributed by atoms with Crippen LogP contribution in [0, 0.1) is 13.8 Å². The van der Waals surface area contributed by atoms with Crippen molar-refractivity contribution in [3.8, 4) is 5.75 Å². The summed E-state index contributed by atoms with van der Waals surface area (Å²) in [6.45, 7) is 8.40. The van der Waals surface area contributed by atoms with E-state index in [2.05, 4.69) is 41.5 Å². The first-order valence-electron chi connectivity index (χ1n) is 10.6. The van der Waals surface area contributed by atoms with E-state index in [1.807, 2.05) is 29.2 Å². The predicted octanol–water partition coefficient (Wildman–Crippen LogP) is 3.24. The highest BCUT2D eigenvalue weighted by molar-refractivity contribution is 5.76. The molecule has 0 N–H and O–H groups in total. The molecular weight excluding hydrogens is 376 g/mol. The topological polar surface area (TPSA) is 50.1 Å². The van der Waals surface area contributed by atoms with Crippen molar-refractivity contribution < 1.29 is 9.53 Å². The summed E-state index contributed by atoms with van der Waals surface area (Å²) in [6.07, 6.45) is 3.43. The number of imidazole rings is 1. The molecule has 1 aromatic carbocycles. The highest BCUT2D eigenvalue weighted by atomic mass is 16.5. The lowest BCUT2D eigenvalue weighted by Gasteiger charge is -2.34. The summed E-state index contributed by atoms with van der Waals surface area (Å²) in [5.74, 6) is 1.09. The van der Waals surface area contributed by atoms with Gasteiger partial charge in [-0.05, 0) is 55.7 Å². The second kappa shape index (κ2) is 8.88. The lowest BCUT2D eigenvalue weighted by atomic mass is 10.1. The van der Waals surface area contributed by atoms with E-state index in [9.17, 15) is 4.79 Å². The number of piperazine rings is 1. The summed E-state index contributed by atoms with van der Waals surface area (Å²) in [6, 6.07) is 12.2. The van der Waals surface area contributed by atoms with E-state index in [-0.39, 0.29) is 5.91 Å². The van der Waals surface area contributed by atoms with Gasteiger partial charge in [-0.25, -0.2) is 4.98 Å². The maximum Gasteiger partial charge on any atom is 0.222 e. The van der Waals surface area contributed by atoms with Crippen molar-refractivity contribution in [1.29, 1.82) is 0 Å². The van der Waals surface area contributed by atoms with Crippen LogP contribution in [-0.2, 0) is 17.8 Å². The summed E-state index contributed by atoms with van der Waals surface area (Å²) in [7, 11) is 1.66. The Labute approximate surface area is 178 Å². The SMILES string of the molecule is COc1ccc(CCC(=O)N2CCN(Cc3c(C)nc4cc(C)ccn34)CC2)cc1. The van der Waals surface area contributed by atoms with Crippen molar-refractivity contribution in [2.75, 3.05) is 33.3 Å². The van der Waals surface area contributed by atoms with Crippen molar-refractivity contribution in [3.05, 3.63) is 65.1 Å². The number of carbonyl (C=O) groups excluding carboxylic acids is 1. The van der Waals surface area contributed by atoms with Crippen LogP contribution in [0.5, 0.6) is 5.75 Å².